The predicted octanol–water partition coefficient (Wildman–Crippen LogP) is 2.42. The first kappa shape index (κ1) is 14.3. The van der Waals surface area contributed by atoms with Crippen molar-refractivity contribution in [2.75, 3.05) is 6.61 Å². The molecule has 0 aromatic heterocycles. The van der Waals surface area contributed by atoms with E-state index in [0.717, 1.165) is 0 Å². The summed E-state index contributed by atoms with van der Waals surface area (Å²) in [4.78, 5) is 11.6. The smallest absolute Gasteiger partial charge is 0.417 e. The molecule has 0 amide bonds. The van der Waals surface area contributed by atoms with Gasteiger partial charge in [-0.3, -0.25) is 4.79 Å². The van der Waals surface area contributed by atoms with Crippen LogP contribution in [-0.4, -0.2) is 29.5 Å². The molecule has 0 radical (unpaired) electrons. The maximum Gasteiger partial charge on any atom is 0.417 e. The Morgan fingerprint density at radius 3 is 2.12 bits per heavy atom. The van der Waals surface area contributed by atoms with Gasteiger partial charge in [0.1, 0.15) is 0 Å². The van der Waals surface area contributed by atoms with Crippen LogP contribution >= 0.6 is 0 Å². The highest BCUT2D eigenvalue weighted by atomic mass is 19.4. The third-order valence-electron chi connectivity index (χ3n) is 3.48. The Labute approximate surface area is 97.9 Å². The van der Waals surface area contributed by atoms with Gasteiger partial charge in [0.05, 0.1) is 12.0 Å². The largest absolute Gasteiger partial charge is 0.466 e. The Kier molecular flexibility index (Phi) is 3.76. The molecule has 0 saturated heterocycles. The quantitative estimate of drug-likeness (QED) is 0.770. The maximum atomic E-state index is 12.6. The lowest BCUT2D eigenvalue weighted by Crippen LogP contribution is -2.51. The normalized spacial score (nSPS) is 34.5. The molecule has 1 N–H and O–H groups in total. The Hall–Kier alpha value is -0.780. The molecular weight excluding hydrogens is 237 g/mol. The van der Waals surface area contributed by atoms with Crippen LogP contribution in [0.25, 0.3) is 0 Å². The molecule has 3 nitrogen and oxygen atoms in total. The van der Waals surface area contributed by atoms with Gasteiger partial charge >= 0.3 is 12.1 Å². The zero-order valence-corrected chi connectivity index (χ0v) is 9.93. The highest BCUT2D eigenvalue weighted by Gasteiger charge is 2.57. The minimum absolute atomic E-state index is 0.0121. The molecule has 1 rings (SSSR count). The minimum Gasteiger partial charge on any atom is -0.466 e. The Morgan fingerprint density at radius 2 is 1.76 bits per heavy atom. The lowest BCUT2D eigenvalue weighted by atomic mass is 9.69. The molecule has 100 valence electrons. The van der Waals surface area contributed by atoms with Crippen molar-refractivity contribution in [2.24, 2.45) is 5.41 Å². The van der Waals surface area contributed by atoms with Gasteiger partial charge in [-0.1, -0.05) is 0 Å². The number of halogens is 3. The fraction of sp³-hybridized carbons (Fsp3) is 0.909. The number of alkyl halides is 3. The van der Waals surface area contributed by atoms with E-state index >= 15 is 0 Å². The summed E-state index contributed by atoms with van der Waals surface area (Å²) >= 11 is 0. The monoisotopic (exact) mass is 254 g/mol. The Balaban J connectivity index is 2.70. The van der Waals surface area contributed by atoms with E-state index in [0.29, 0.717) is 0 Å². The van der Waals surface area contributed by atoms with Gasteiger partial charge in [0.2, 0.25) is 0 Å². The first-order valence-corrected chi connectivity index (χ1v) is 5.61. The molecule has 0 heterocycles. The first-order chi connectivity index (χ1) is 7.65. The third-order valence-corrected chi connectivity index (χ3v) is 3.48. The molecule has 0 unspecified atom stereocenters. The molecule has 1 fully saturated rings. The lowest BCUT2D eigenvalue weighted by molar-refractivity contribution is -0.275. The SMILES string of the molecule is CCOC(=O)C1(C)CCC(O)(C(F)(F)F)CC1. The van der Waals surface area contributed by atoms with E-state index in [1.807, 2.05) is 0 Å². The van der Waals surface area contributed by atoms with Crippen LogP contribution in [0.4, 0.5) is 13.2 Å². The second kappa shape index (κ2) is 4.48. The Morgan fingerprint density at radius 1 is 1.29 bits per heavy atom. The molecule has 0 aliphatic heterocycles. The van der Waals surface area contributed by atoms with E-state index in [2.05, 4.69) is 0 Å². The highest BCUT2D eigenvalue weighted by Crippen LogP contribution is 2.48. The van der Waals surface area contributed by atoms with Crippen molar-refractivity contribution >= 4 is 5.97 Å². The van der Waals surface area contributed by atoms with E-state index < -0.39 is 36.0 Å². The number of rotatable bonds is 2. The van der Waals surface area contributed by atoms with Gasteiger partial charge in [0.25, 0.3) is 0 Å². The molecule has 0 aromatic rings. The van der Waals surface area contributed by atoms with Crippen molar-refractivity contribution in [2.45, 2.75) is 51.3 Å². The number of carbonyl (C=O) groups excluding carboxylic acids is 1. The van der Waals surface area contributed by atoms with Gasteiger partial charge in [0.15, 0.2) is 5.60 Å². The van der Waals surface area contributed by atoms with E-state index in [-0.39, 0.29) is 19.4 Å². The summed E-state index contributed by atoms with van der Waals surface area (Å²) in [5.74, 6) is -0.482. The van der Waals surface area contributed by atoms with Crippen LogP contribution in [-0.2, 0) is 9.53 Å². The summed E-state index contributed by atoms with van der Waals surface area (Å²) in [6.45, 7) is 3.44. The van der Waals surface area contributed by atoms with Crippen LogP contribution in [0, 0.1) is 5.41 Å². The third kappa shape index (κ3) is 2.73. The Bertz CT molecular complexity index is 291. The standard InChI is InChI=1S/C11H17F3O3/c1-3-17-8(15)9(2)4-6-10(16,7-5-9)11(12,13)14/h16H,3-7H2,1-2H3. The van der Waals surface area contributed by atoms with Crippen LogP contribution in [0.15, 0.2) is 0 Å². The first-order valence-electron chi connectivity index (χ1n) is 5.61. The predicted molar refractivity (Wildman–Crippen MR) is 54.2 cm³/mol. The van der Waals surface area contributed by atoms with Crippen LogP contribution < -0.4 is 0 Å². The van der Waals surface area contributed by atoms with Crippen LogP contribution in [0.5, 0.6) is 0 Å². The summed E-state index contributed by atoms with van der Waals surface area (Å²) < 4.78 is 42.5. The molecule has 0 bridgehead atoms. The van der Waals surface area contributed by atoms with Gasteiger partial charge in [-0.25, -0.2) is 0 Å². The zero-order chi connectivity index (χ0) is 13.3. The van der Waals surface area contributed by atoms with E-state index in [9.17, 15) is 23.1 Å². The minimum atomic E-state index is -4.64. The zero-order valence-electron chi connectivity index (χ0n) is 9.93. The number of esters is 1. The molecule has 0 spiro atoms. The van der Waals surface area contributed by atoms with Gasteiger partial charge < -0.3 is 9.84 Å². The maximum absolute atomic E-state index is 12.6. The second-order valence-electron chi connectivity index (χ2n) is 4.81. The number of carbonyl (C=O) groups is 1. The van der Waals surface area contributed by atoms with Crippen LogP contribution in [0.1, 0.15) is 39.5 Å². The van der Waals surface area contributed by atoms with Gasteiger partial charge in [0, 0.05) is 0 Å². The second-order valence-corrected chi connectivity index (χ2v) is 4.81. The van der Waals surface area contributed by atoms with E-state index in [1.54, 1.807) is 13.8 Å². The van der Waals surface area contributed by atoms with E-state index in [4.69, 9.17) is 4.74 Å². The molecule has 6 heteroatoms. The topological polar surface area (TPSA) is 46.5 Å². The van der Waals surface area contributed by atoms with Gasteiger partial charge in [-0.05, 0) is 39.5 Å². The van der Waals surface area contributed by atoms with Gasteiger partial charge in [-0.2, -0.15) is 13.2 Å². The van der Waals surface area contributed by atoms with Crippen LogP contribution in [0.2, 0.25) is 0 Å². The summed E-state index contributed by atoms with van der Waals surface area (Å²) in [6.07, 6.45) is -5.57. The molecule has 0 aromatic carbocycles. The van der Waals surface area contributed by atoms with Crippen molar-refractivity contribution in [1.82, 2.24) is 0 Å². The summed E-state index contributed by atoms with van der Waals surface area (Å²) in [7, 11) is 0. The molecule has 1 aliphatic rings. The number of hydrogen-bond acceptors (Lipinski definition) is 3. The fourth-order valence-corrected chi connectivity index (χ4v) is 2.01. The molecule has 1 saturated carbocycles. The average Bonchev–Trinajstić information content (AvgIpc) is 2.21. The van der Waals surface area contributed by atoms with Crippen molar-refractivity contribution < 1.29 is 27.8 Å². The molecule has 17 heavy (non-hydrogen) atoms. The number of hydrogen-bond donors (Lipinski definition) is 1. The number of aliphatic hydroxyl groups is 1. The van der Waals surface area contributed by atoms with Crippen molar-refractivity contribution in [3.8, 4) is 0 Å². The average molecular weight is 254 g/mol. The summed E-state index contributed by atoms with van der Waals surface area (Å²) in [5, 5.41) is 9.47. The highest BCUT2D eigenvalue weighted by molar-refractivity contribution is 5.76. The van der Waals surface area contributed by atoms with Crippen molar-refractivity contribution in [3.63, 3.8) is 0 Å². The molecular formula is C11H17F3O3. The fourth-order valence-electron chi connectivity index (χ4n) is 2.01. The lowest BCUT2D eigenvalue weighted by Gasteiger charge is -2.41. The summed E-state index contributed by atoms with van der Waals surface area (Å²) in [6, 6.07) is 0. The van der Waals surface area contributed by atoms with Crippen molar-refractivity contribution in [3.05, 3.63) is 0 Å². The van der Waals surface area contributed by atoms with E-state index in [1.165, 1.54) is 0 Å². The molecule has 1 aliphatic carbocycles. The summed E-state index contributed by atoms with van der Waals surface area (Å²) in [5.41, 5.74) is -3.56. The molecule has 0 atom stereocenters. The van der Waals surface area contributed by atoms with Crippen molar-refractivity contribution in [1.29, 1.82) is 0 Å². The van der Waals surface area contributed by atoms with Crippen LogP contribution in [0.3, 0.4) is 0 Å². The number of ether oxygens (including phenoxy) is 1. The van der Waals surface area contributed by atoms with Gasteiger partial charge in [-0.15, -0.1) is 0 Å².